The maximum Gasteiger partial charge on any atom is 0.330 e. The van der Waals surface area contributed by atoms with Gasteiger partial charge in [0.1, 0.15) is 11.8 Å². The highest BCUT2D eigenvalue weighted by Gasteiger charge is 2.26. The number of rotatable bonds is 2. The van der Waals surface area contributed by atoms with Crippen LogP contribution in [0.4, 0.5) is 0 Å². The smallest absolute Gasteiger partial charge is 0.330 e. The first-order valence-corrected chi connectivity index (χ1v) is 5.24. The Labute approximate surface area is 96.9 Å². The molecule has 2 N–H and O–H groups in total. The van der Waals surface area contributed by atoms with E-state index in [1.165, 1.54) is 10.8 Å². The normalized spacial score (nSPS) is 23.5. The highest BCUT2D eigenvalue weighted by atomic mass is 16.5. The van der Waals surface area contributed by atoms with Crippen molar-refractivity contribution in [3.63, 3.8) is 0 Å². The highest BCUT2D eigenvalue weighted by molar-refractivity contribution is 5.26. The summed E-state index contributed by atoms with van der Waals surface area (Å²) >= 11 is 0. The molecule has 1 aromatic rings. The second-order valence-electron chi connectivity index (χ2n) is 3.83. The molecule has 0 bridgehead atoms. The van der Waals surface area contributed by atoms with Crippen LogP contribution in [-0.4, -0.2) is 27.4 Å². The van der Waals surface area contributed by atoms with E-state index in [-0.39, 0.29) is 18.3 Å². The Morgan fingerprint density at radius 1 is 1.59 bits per heavy atom. The third kappa shape index (κ3) is 2.16. The summed E-state index contributed by atoms with van der Waals surface area (Å²) in [4.78, 5) is 25.0. The van der Waals surface area contributed by atoms with E-state index in [4.69, 9.17) is 16.3 Å². The summed E-state index contributed by atoms with van der Waals surface area (Å²) in [5, 5.41) is 8.94. The molecular formula is C11H12N2O4. The lowest BCUT2D eigenvalue weighted by Crippen LogP contribution is -2.33. The van der Waals surface area contributed by atoms with Gasteiger partial charge in [-0.2, -0.15) is 0 Å². The molecule has 2 rings (SSSR count). The zero-order chi connectivity index (χ0) is 12.4. The number of ether oxygens (including phenoxy) is 1. The van der Waals surface area contributed by atoms with Crippen molar-refractivity contribution in [3.05, 3.63) is 32.6 Å². The maximum absolute atomic E-state index is 11.6. The van der Waals surface area contributed by atoms with Crippen molar-refractivity contribution < 1.29 is 9.84 Å². The average molecular weight is 236 g/mol. The van der Waals surface area contributed by atoms with Gasteiger partial charge in [-0.3, -0.25) is 14.3 Å². The number of aliphatic hydroxyl groups excluding tert-OH is 1. The fourth-order valence-corrected chi connectivity index (χ4v) is 1.83. The molecular weight excluding hydrogens is 224 g/mol. The lowest BCUT2D eigenvalue weighted by molar-refractivity contribution is -0.0246. The molecule has 1 aliphatic heterocycles. The van der Waals surface area contributed by atoms with Gasteiger partial charge in [0.05, 0.1) is 12.7 Å². The van der Waals surface area contributed by atoms with Gasteiger partial charge in [-0.15, -0.1) is 6.42 Å². The van der Waals surface area contributed by atoms with Crippen molar-refractivity contribution >= 4 is 0 Å². The lowest BCUT2D eigenvalue weighted by atomic mass is 10.2. The van der Waals surface area contributed by atoms with Gasteiger partial charge in [-0.1, -0.05) is 5.92 Å². The molecule has 1 saturated heterocycles. The molecule has 0 saturated carbocycles. The minimum absolute atomic E-state index is 0.0839. The molecule has 1 aromatic heterocycles. The predicted molar refractivity (Wildman–Crippen MR) is 59.5 cm³/mol. The Morgan fingerprint density at radius 2 is 2.35 bits per heavy atom. The maximum atomic E-state index is 11.6. The Balaban J connectivity index is 2.37. The lowest BCUT2D eigenvalue weighted by Gasteiger charge is -2.14. The largest absolute Gasteiger partial charge is 0.394 e. The third-order valence-corrected chi connectivity index (χ3v) is 2.72. The number of nitrogens with zero attached hydrogens (tertiary/aromatic N) is 1. The summed E-state index contributed by atoms with van der Waals surface area (Å²) in [6.07, 6.45) is 6.98. The van der Waals surface area contributed by atoms with Crippen molar-refractivity contribution in [1.82, 2.24) is 9.55 Å². The number of nitrogens with one attached hydrogen (secondary N) is 1. The van der Waals surface area contributed by atoms with Crippen LogP contribution in [0.5, 0.6) is 0 Å². The van der Waals surface area contributed by atoms with E-state index in [9.17, 15) is 9.59 Å². The van der Waals surface area contributed by atoms with Gasteiger partial charge >= 0.3 is 5.69 Å². The van der Waals surface area contributed by atoms with Gasteiger partial charge in [-0.05, 0) is 12.8 Å². The molecule has 0 spiro atoms. The number of aliphatic hydroxyl groups is 1. The minimum Gasteiger partial charge on any atom is -0.394 e. The number of aromatic nitrogens is 2. The van der Waals surface area contributed by atoms with Gasteiger partial charge in [0.15, 0.2) is 0 Å². The van der Waals surface area contributed by atoms with Crippen molar-refractivity contribution in [1.29, 1.82) is 0 Å². The second kappa shape index (κ2) is 4.57. The predicted octanol–water partition coefficient (Wildman–Crippen LogP) is -0.812. The molecule has 2 heterocycles. The molecule has 1 aliphatic rings. The van der Waals surface area contributed by atoms with E-state index >= 15 is 0 Å². The summed E-state index contributed by atoms with van der Waals surface area (Å²) < 4.78 is 6.70. The van der Waals surface area contributed by atoms with Gasteiger partial charge in [0, 0.05) is 6.20 Å². The Bertz CT molecular complexity index is 566. The summed E-state index contributed by atoms with van der Waals surface area (Å²) in [6, 6.07) is 0. The highest BCUT2D eigenvalue weighted by Crippen LogP contribution is 2.26. The standard InChI is InChI=1S/C11H12N2O4/c1-2-7-5-13(11(16)12-10(7)15)9-4-3-8(6-14)17-9/h1,5,8-9,14H,3-4,6H2,(H,12,15,16)/t8?,9-/m1/s1. The first-order chi connectivity index (χ1) is 8.15. The van der Waals surface area contributed by atoms with Crippen LogP contribution in [0.3, 0.4) is 0 Å². The van der Waals surface area contributed by atoms with E-state index in [2.05, 4.69) is 10.9 Å². The first-order valence-electron chi connectivity index (χ1n) is 5.24. The van der Waals surface area contributed by atoms with E-state index in [0.717, 1.165) is 0 Å². The summed E-state index contributed by atoms with van der Waals surface area (Å²) in [6.45, 7) is -0.0867. The molecule has 2 atom stereocenters. The second-order valence-corrected chi connectivity index (χ2v) is 3.83. The van der Waals surface area contributed by atoms with Crippen molar-refractivity contribution in [2.24, 2.45) is 0 Å². The summed E-state index contributed by atoms with van der Waals surface area (Å²) in [5.41, 5.74) is -1.05. The molecule has 0 aromatic carbocycles. The van der Waals surface area contributed by atoms with Gasteiger partial charge in [-0.25, -0.2) is 4.79 Å². The number of hydrogen-bond acceptors (Lipinski definition) is 4. The fraction of sp³-hybridized carbons (Fsp3) is 0.455. The van der Waals surface area contributed by atoms with Crippen LogP contribution in [0.1, 0.15) is 24.6 Å². The van der Waals surface area contributed by atoms with E-state index < -0.39 is 17.5 Å². The van der Waals surface area contributed by atoms with Crippen molar-refractivity contribution in [2.45, 2.75) is 25.2 Å². The Kier molecular flexibility index (Phi) is 3.13. The summed E-state index contributed by atoms with van der Waals surface area (Å²) in [5.74, 6) is 2.20. The van der Waals surface area contributed by atoms with Crippen LogP contribution in [0, 0.1) is 12.3 Å². The van der Waals surface area contributed by atoms with Gasteiger partial charge in [0.25, 0.3) is 5.56 Å². The van der Waals surface area contributed by atoms with Crippen LogP contribution < -0.4 is 11.2 Å². The van der Waals surface area contributed by atoms with Crippen LogP contribution in [0.25, 0.3) is 0 Å². The third-order valence-electron chi connectivity index (χ3n) is 2.72. The van der Waals surface area contributed by atoms with Crippen LogP contribution in [0.15, 0.2) is 15.8 Å². The van der Waals surface area contributed by atoms with Crippen molar-refractivity contribution in [3.8, 4) is 12.3 Å². The number of hydrogen-bond donors (Lipinski definition) is 2. The monoisotopic (exact) mass is 236 g/mol. The topological polar surface area (TPSA) is 84.3 Å². The number of H-pyrrole nitrogens is 1. The van der Waals surface area contributed by atoms with Crippen molar-refractivity contribution in [2.75, 3.05) is 6.61 Å². The zero-order valence-corrected chi connectivity index (χ0v) is 9.05. The van der Waals surface area contributed by atoms with E-state index in [1.54, 1.807) is 0 Å². The Hall–Kier alpha value is -1.84. The van der Waals surface area contributed by atoms with Gasteiger partial charge in [0.2, 0.25) is 0 Å². The number of terminal acetylenes is 1. The SMILES string of the molecule is C#Cc1cn([C@H]2CCC(CO)O2)c(=O)[nH]c1=O. The molecule has 6 nitrogen and oxygen atoms in total. The quantitative estimate of drug-likeness (QED) is 0.658. The van der Waals surface area contributed by atoms with Gasteiger partial charge < -0.3 is 9.84 Å². The molecule has 0 amide bonds. The molecule has 17 heavy (non-hydrogen) atoms. The van der Waals surface area contributed by atoms with Crippen LogP contribution in [-0.2, 0) is 4.74 Å². The number of aromatic amines is 1. The first kappa shape index (κ1) is 11.6. The zero-order valence-electron chi connectivity index (χ0n) is 9.05. The van der Waals surface area contributed by atoms with Crippen LogP contribution >= 0.6 is 0 Å². The Morgan fingerprint density at radius 3 is 2.94 bits per heavy atom. The van der Waals surface area contributed by atoms with E-state index in [0.29, 0.717) is 12.8 Å². The molecule has 6 heteroatoms. The molecule has 0 aliphatic carbocycles. The summed E-state index contributed by atoms with van der Waals surface area (Å²) in [7, 11) is 0. The molecule has 1 unspecified atom stereocenters. The van der Waals surface area contributed by atoms with E-state index in [1.807, 2.05) is 0 Å². The van der Waals surface area contributed by atoms with Crippen LogP contribution in [0.2, 0.25) is 0 Å². The molecule has 1 fully saturated rings. The fourth-order valence-electron chi connectivity index (χ4n) is 1.83. The average Bonchev–Trinajstić information content (AvgIpc) is 2.78. The molecule has 0 radical (unpaired) electrons. The molecule has 90 valence electrons. The minimum atomic E-state index is -0.578.